The van der Waals surface area contributed by atoms with Gasteiger partial charge in [-0.25, -0.2) is 0 Å². The van der Waals surface area contributed by atoms with Gasteiger partial charge in [-0.3, -0.25) is 10.2 Å². The maximum Gasteiger partial charge on any atom is 0.0660 e. The Labute approximate surface area is 114 Å². The highest BCUT2D eigenvalue weighted by molar-refractivity contribution is 7.80. The van der Waals surface area contributed by atoms with Gasteiger partial charge in [0.1, 0.15) is 0 Å². The van der Waals surface area contributed by atoms with E-state index in [9.17, 15) is 0 Å². The van der Waals surface area contributed by atoms with Gasteiger partial charge in [-0.15, -0.1) is 0 Å². The molecular formula is C14H32N2S. The molecule has 0 aliphatic carbocycles. The first-order chi connectivity index (χ1) is 7.34. The van der Waals surface area contributed by atoms with E-state index in [-0.39, 0.29) is 16.7 Å². The van der Waals surface area contributed by atoms with Crippen molar-refractivity contribution in [3.8, 4) is 0 Å². The first kappa shape index (κ1) is 17.3. The van der Waals surface area contributed by atoms with E-state index in [0.29, 0.717) is 5.92 Å². The van der Waals surface area contributed by atoms with Crippen LogP contribution >= 0.6 is 12.6 Å². The molecule has 0 aromatic heterocycles. The number of nitrogens with one attached hydrogen (secondary N) is 1. The van der Waals surface area contributed by atoms with Gasteiger partial charge in [0.15, 0.2) is 0 Å². The number of hydrogen-bond acceptors (Lipinski definition) is 3. The minimum atomic E-state index is -0.0427. The van der Waals surface area contributed by atoms with Gasteiger partial charge in [-0.1, -0.05) is 6.92 Å². The lowest BCUT2D eigenvalue weighted by atomic mass is 9.86. The monoisotopic (exact) mass is 260 g/mol. The summed E-state index contributed by atoms with van der Waals surface area (Å²) in [7, 11) is 2.19. The summed E-state index contributed by atoms with van der Waals surface area (Å²) in [4.78, 5) is 2.42. The molecule has 0 saturated heterocycles. The average Bonchev–Trinajstić information content (AvgIpc) is 2.11. The molecule has 2 nitrogen and oxygen atoms in total. The third-order valence-electron chi connectivity index (χ3n) is 3.86. The topological polar surface area (TPSA) is 15.3 Å². The van der Waals surface area contributed by atoms with Crippen molar-refractivity contribution in [3.05, 3.63) is 0 Å². The number of nitrogens with zero attached hydrogens (tertiary/aromatic N) is 1. The Morgan fingerprint density at radius 1 is 1.06 bits per heavy atom. The van der Waals surface area contributed by atoms with Crippen LogP contribution in [0.1, 0.15) is 55.4 Å². The van der Waals surface area contributed by atoms with Crippen LogP contribution in [-0.4, -0.2) is 34.4 Å². The van der Waals surface area contributed by atoms with Crippen LogP contribution < -0.4 is 5.32 Å². The van der Waals surface area contributed by atoms with Gasteiger partial charge in [-0.2, -0.15) is 12.6 Å². The van der Waals surface area contributed by atoms with Gasteiger partial charge in [0.2, 0.25) is 0 Å². The minimum Gasteiger partial charge on any atom is -0.295 e. The third-order valence-corrected chi connectivity index (χ3v) is 4.41. The molecule has 1 unspecified atom stereocenters. The molecule has 0 spiro atoms. The summed E-state index contributed by atoms with van der Waals surface area (Å²) in [5, 5.41) is 3.68. The molecule has 3 heteroatoms. The van der Waals surface area contributed by atoms with Crippen molar-refractivity contribution in [2.24, 2.45) is 5.92 Å². The lowest BCUT2D eigenvalue weighted by molar-refractivity contribution is -0.0172. The summed E-state index contributed by atoms with van der Waals surface area (Å²) in [6.45, 7) is 17.9. The molecule has 0 saturated carbocycles. The molecule has 0 fully saturated rings. The Hall–Kier alpha value is 0.270. The maximum atomic E-state index is 4.44. The maximum absolute atomic E-state index is 4.44. The summed E-state index contributed by atoms with van der Waals surface area (Å²) >= 11 is 4.44. The van der Waals surface area contributed by atoms with E-state index in [2.05, 4.69) is 85.3 Å². The van der Waals surface area contributed by atoms with Gasteiger partial charge in [0, 0.05) is 11.1 Å². The van der Waals surface area contributed by atoms with E-state index in [0.717, 1.165) is 5.75 Å². The van der Waals surface area contributed by atoms with Crippen molar-refractivity contribution < 1.29 is 0 Å². The van der Waals surface area contributed by atoms with Gasteiger partial charge in [0.05, 0.1) is 5.66 Å². The molecule has 0 amide bonds. The molecule has 104 valence electrons. The molecular weight excluding hydrogens is 228 g/mol. The van der Waals surface area contributed by atoms with Crippen LogP contribution in [-0.2, 0) is 0 Å². The Kier molecular flexibility index (Phi) is 5.58. The second-order valence-electron chi connectivity index (χ2n) is 7.23. The standard InChI is InChI=1S/C14H32N2S/c1-11(10-17)13(5,6)16(9)14(7,8)15-12(2,3)4/h11,15,17H,10H2,1-9H3. The smallest absolute Gasteiger partial charge is 0.0660 e. The van der Waals surface area contributed by atoms with Crippen molar-refractivity contribution >= 4 is 12.6 Å². The zero-order valence-electron chi connectivity index (χ0n) is 13.2. The largest absolute Gasteiger partial charge is 0.295 e. The molecule has 0 rings (SSSR count). The zero-order chi connectivity index (χ0) is 14.1. The second-order valence-corrected chi connectivity index (χ2v) is 7.60. The molecule has 0 aromatic carbocycles. The summed E-state index contributed by atoms with van der Waals surface area (Å²) in [6, 6.07) is 0. The zero-order valence-corrected chi connectivity index (χ0v) is 14.1. The first-order valence-electron chi connectivity index (χ1n) is 6.48. The molecule has 0 aromatic rings. The highest BCUT2D eigenvalue weighted by Crippen LogP contribution is 2.30. The van der Waals surface area contributed by atoms with Crippen LogP contribution in [0.25, 0.3) is 0 Å². The molecule has 17 heavy (non-hydrogen) atoms. The molecule has 1 N–H and O–H groups in total. The Morgan fingerprint density at radius 3 is 1.76 bits per heavy atom. The normalized spacial score (nSPS) is 16.4. The average molecular weight is 260 g/mol. The second kappa shape index (κ2) is 5.50. The van der Waals surface area contributed by atoms with Crippen LogP contribution in [0, 0.1) is 5.92 Å². The summed E-state index contributed by atoms with van der Waals surface area (Å²) in [5.74, 6) is 1.44. The summed E-state index contributed by atoms with van der Waals surface area (Å²) < 4.78 is 0. The molecule has 0 bridgehead atoms. The quantitative estimate of drug-likeness (QED) is 0.582. The van der Waals surface area contributed by atoms with Gasteiger partial charge in [0.25, 0.3) is 0 Å². The van der Waals surface area contributed by atoms with Crippen LogP contribution in [0.4, 0.5) is 0 Å². The molecule has 1 atom stereocenters. The van der Waals surface area contributed by atoms with Crippen molar-refractivity contribution in [1.29, 1.82) is 0 Å². The summed E-state index contributed by atoms with van der Waals surface area (Å²) in [6.07, 6.45) is 0. The molecule has 0 aliphatic heterocycles. The number of hydrogen-bond donors (Lipinski definition) is 2. The van der Waals surface area contributed by atoms with E-state index in [1.807, 2.05) is 0 Å². The highest BCUT2D eigenvalue weighted by atomic mass is 32.1. The third kappa shape index (κ3) is 4.80. The highest BCUT2D eigenvalue weighted by Gasteiger charge is 2.39. The lowest BCUT2D eigenvalue weighted by Crippen LogP contribution is -2.65. The lowest BCUT2D eigenvalue weighted by Gasteiger charge is -2.51. The van der Waals surface area contributed by atoms with E-state index in [4.69, 9.17) is 0 Å². The van der Waals surface area contributed by atoms with Gasteiger partial charge in [-0.05, 0) is 67.2 Å². The van der Waals surface area contributed by atoms with Crippen LogP contribution in [0.5, 0.6) is 0 Å². The molecule has 0 aliphatic rings. The SMILES string of the molecule is CC(CS)C(C)(C)N(C)C(C)(C)NC(C)(C)C. The Morgan fingerprint density at radius 2 is 1.47 bits per heavy atom. The number of rotatable bonds is 5. The Balaban J connectivity index is 4.95. The van der Waals surface area contributed by atoms with Gasteiger partial charge >= 0.3 is 0 Å². The van der Waals surface area contributed by atoms with Crippen LogP contribution in [0.2, 0.25) is 0 Å². The van der Waals surface area contributed by atoms with Crippen molar-refractivity contribution in [1.82, 2.24) is 10.2 Å². The first-order valence-corrected chi connectivity index (χ1v) is 7.12. The predicted molar refractivity (Wildman–Crippen MR) is 81.8 cm³/mol. The molecule has 0 heterocycles. The minimum absolute atomic E-state index is 0.0427. The van der Waals surface area contributed by atoms with Gasteiger partial charge < -0.3 is 0 Å². The van der Waals surface area contributed by atoms with Crippen LogP contribution in [0.15, 0.2) is 0 Å². The molecule has 0 radical (unpaired) electrons. The fourth-order valence-electron chi connectivity index (χ4n) is 2.28. The van der Waals surface area contributed by atoms with Crippen LogP contribution in [0.3, 0.4) is 0 Å². The predicted octanol–water partition coefficient (Wildman–Crippen LogP) is 3.39. The fourth-order valence-corrected chi connectivity index (χ4v) is 2.72. The summed E-state index contributed by atoms with van der Waals surface area (Å²) in [5.41, 5.74) is 0.181. The van der Waals surface area contributed by atoms with E-state index >= 15 is 0 Å². The van der Waals surface area contributed by atoms with E-state index in [1.54, 1.807) is 0 Å². The number of thiol groups is 1. The fraction of sp³-hybridized carbons (Fsp3) is 1.00. The van der Waals surface area contributed by atoms with Crippen molar-refractivity contribution in [2.45, 2.75) is 72.1 Å². The van der Waals surface area contributed by atoms with E-state index in [1.165, 1.54) is 0 Å². The van der Waals surface area contributed by atoms with E-state index < -0.39 is 0 Å². The van der Waals surface area contributed by atoms with Crippen molar-refractivity contribution in [3.63, 3.8) is 0 Å². The van der Waals surface area contributed by atoms with Crippen molar-refractivity contribution in [2.75, 3.05) is 12.8 Å². The Bertz CT molecular complexity index is 241.